The van der Waals surface area contributed by atoms with Crippen molar-refractivity contribution in [2.45, 2.75) is 57.0 Å². The number of unbranched alkanes of at least 4 members (excludes halogenated alkanes) is 1. The van der Waals surface area contributed by atoms with Gasteiger partial charge in [-0.3, -0.25) is 0 Å². The number of rotatable bonds is 6. The van der Waals surface area contributed by atoms with Gasteiger partial charge in [-0.05, 0) is 0 Å². The van der Waals surface area contributed by atoms with Crippen LogP contribution >= 0.6 is 0 Å². The first kappa shape index (κ1) is 28.8. The Morgan fingerprint density at radius 2 is 1.56 bits per heavy atom. The van der Waals surface area contributed by atoms with Crippen LogP contribution in [0.3, 0.4) is 0 Å². The maximum atomic E-state index is 2.69. The van der Waals surface area contributed by atoms with Gasteiger partial charge in [-0.1, -0.05) is 0 Å². The van der Waals surface area contributed by atoms with Gasteiger partial charge < -0.3 is 24.8 Å². The second kappa shape index (κ2) is 11.3. The van der Waals surface area contributed by atoms with Gasteiger partial charge in [-0.15, -0.1) is 0 Å². The molecule has 2 aliphatic heterocycles. The van der Waals surface area contributed by atoms with Crippen LogP contribution in [0.4, 0.5) is 0 Å². The Morgan fingerprint density at radius 1 is 0.821 bits per heavy atom. The fraction of sp³-hybridized carbons (Fsp3) is 0.257. The summed E-state index contributed by atoms with van der Waals surface area (Å²) >= 11 is -1.94. The van der Waals surface area contributed by atoms with E-state index in [-0.39, 0.29) is 24.8 Å². The van der Waals surface area contributed by atoms with Crippen LogP contribution in [-0.2, 0) is 27.3 Å². The van der Waals surface area contributed by atoms with Crippen LogP contribution in [0.2, 0.25) is 0 Å². The molecule has 0 N–H and O–H groups in total. The van der Waals surface area contributed by atoms with Gasteiger partial charge in [0.15, 0.2) is 0 Å². The first-order chi connectivity index (χ1) is 18.1. The second-order valence-corrected chi connectivity index (χ2v) is 26.3. The van der Waals surface area contributed by atoms with Gasteiger partial charge in [0.25, 0.3) is 0 Å². The standard InChI is InChI=1S/C23H27.C12H8Si.2ClH.Zr/c1-5-7-8-18-14-20-10-9-19(6-2)23(22(20)15-18)21-12-16(3)11-17(4)13-21;1-3-7-11-9(5-1)10-6-2-4-8-12(10)13-11;;;/h9-15H,5-8H2,1-4H3;1-7,13H;2*1H;/q;;;;+2/p-2. The van der Waals surface area contributed by atoms with Crippen molar-refractivity contribution >= 4 is 25.6 Å². The Bertz CT molecular complexity index is 1580. The van der Waals surface area contributed by atoms with Crippen LogP contribution in [0.5, 0.6) is 0 Å². The number of aryl methyl sites for hydroxylation is 3. The van der Waals surface area contributed by atoms with E-state index in [9.17, 15) is 0 Å². The third kappa shape index (κ3) is 4.42. The second-order valence-electron chi connectivity index (χ2n) is 11.3. The summed E-state index contributed by atoms with van der Waals surface area (Å²) in [5.41, 5.74) is 15.4. The quantitative estimate of drug-likeness (QED) is 0.274. The van der Waals surface area contributed by atoms with Gasteiger partial charge in [0.05, 0.1) is 0 Å². The molecule has 0 radical (unpaired) electrons. The molecule has 0 saturated heterocycles. The fourth-order valence-corrected chi connectivity index (χ4v) is 33.7. The molecule has 39 heavy (non-hydrogen) atoms. The van der Waals surface area contributed by atoms with E-state index in [1.54, 1.807) is 33.0 Å². The molecule has 1 aliphatic carbocycles. The SMILES string of the molecule is CCCCC1=Cc2c(ccc(CC)c2-c2cc(C)cc(C)c2)[CH]1[Zr+2]1[c]2cccc3c2[SiH]1c1ccccc1-3.[Cl-].[Cl-]. The largest absolute Gasteiger partial charge is 1.00 e. The smallest absolute Gasteiger partial charge is 1.00 e. The zero-order valence-corrected chi connectivity index (χ0v) is 28.4. The van der Waals surface area contributed by atoms with Crippen molar-refractivity contribution in [1.29, 1.82) is 0 Å². The average molecular weight is 646 g/mol. The molecular weight excluding hydrogens is 611 g/mol. The van der Waals surface area contributed by atoms with E-state index in [1.807, 2.05) is 8.46 Å². The van der Waals surface area contributed by atoms with E-state index < -0.39 is 26.8 Å². The number of fused-ring (bicyclic) bond motifs is 4. The summed E-state index contributed by atoms with van der Waals surface area (Å²) in [6.07, 6.45) is 7.62. The Labute approximate surface area is 255 Å². The molecular formula is C35H35Cl2SiZr. The minimum Gasteiger partial charge on any atom is -1.00 e. The monoisotopic (exact) mass is 643 g/mol. The number of hydrogen-bond acceptors (Lipinski definition) is 0. The first-order valence-corrected chi connectivity index (χ1v) is 22.8. The Kier molecular flexibility index (Phi) is 8.34. The van der Waals surface area contributed by atoms with Gasteiger partial charge in [-0.2, -0.15) is 0 Å². The number of benzene rings is 4. The minimum atomic E-state index is -1.94. The predicted octanol–water partition coefficient (Wildman–Crippen LogP) is 0.945. The summed E-state index contributed by atoms with van der Waals surface area (Å²) in [5, 5.41) is 3.61. The molecule has 0 fully saturated rings. The maximum absolute atomic E-state index is 2.69. The van der Waals surface area contributed by atoms with Crippen LogP contribution in [-0.4, -0.2) is 5.92 Å². The fourth-order valence-electron chi connectivity index (χ4n) is 7.51. The molecule has 0 bridgehead atoms. The molecule has 4 heteroatoms. The van der Waals surface area contributed by atoms with E-state index in [0.29, 0.717) is 0 Å². The molecule has 0 aromatic heterocycles. The van der Waals surface area contributed by atoms with E-state index in [2.05, 4.69) is 107 Å². The van der Waals surface area contributed by atoms with Crippen molar-refractivity contribution < 1.29 is 45.7 Å². The molecule has 0 amide bonds. The van der Waals surface area contributed by atoms with Crippen molar-refractivity contribution in [1.82, 2.24) is 0 Å². The molecule has 2 unspecified atom stereocenters. The number of allylic oxidation sites excluding steroid dienone is 1. The van der Waals surface area contributed by atoms with Crippen LogP contribution in [0.15, 0.2) is 78.4 Å². The zero-order chi connectivity index (χ0) is 25.3. The molecule has 0 nitrogen and oxygen atoms in total. The molecule has 0 saturated carbocycles. The van der Waals surface area contributed by atoms with Crippen LogP contribution in [0, 0.1) is 13.8 Å². The van der Waals surface area contributed by atoms with E-state index in [4.69, 9.17) is 0 Å². The maximum Gasteiger partial charge on any atom is -1.00 e. The Hall–Kier alpha value is -1.70. The van der Waals surface area contributed by atoms with Crippen LogP contribution < -0.4 is 38.5 Å². The molecule has 2 atom stereocenters. The molecule has 4 aromatic carbocycles. The minimum absolute atomic E-state index is 0. The van der Waals surface area contributed by atoms with Crippen LogP contribution in [0.25, 0.3) is 28.3 Å². The summed E-state index contributed by atoms with van der Waals surface area (Å²) in [6.45, 7) is 9.17. The predicted molar refractivity (Wildman–Crippen MR) is 159 cm³/mol. The molecule has 0 spiro atoms. The zero-order valence-electron chi connectivity index (χ0n) is 23.2. The van der Waals surface area contributed by atoms with Gasteiger partial charge in [-0.25, -0.2) is 0 Å². The van der Waals surface area contributed by atoms with Gasteiger partial charge >= 0.3 is 232 Å². The summed E-state index contributed by atoms with van der Waals surface area (Å²) in [5.74, 6) is -1.05. The van der Waals surface area contributed by atoms with Crippen molar-refractivity contribution in [3.05, 3.63) is 106 Å². The van der Waals surface area contributed by atoms with Crippen molar-refractivity contribution in [2.24, 2.45) is 0 Å². The van der Waals surface area contributed by atoms with Crippen LogP contribution in [0.1, 0.15) is 64.6 Å². The third-order valence-electron chi connectivity index (χ3n) is 8.98. The van der Waals surface area contributed by atoms with E-state index in [1.165, 1.54) is 47.1 Å². The normalized spacial score (nSPS) is 17.3. The molecule has 2 heterocycles. The molecule has 7 rings (SSSR count). The first-order valence-electron chi connectivity index (χ1n) is 14.1. The Morgan fingerprint density at radius 3 is 2.31 bits per heavy atom. The molecule has 4 aromatic rings. The molecule has 197 valence electrons. The summed E-state index contributed by atoms with van der Waals surface area (Å²) < 4.78 is 2.57. The van der Waals surface area contributed by atoms with Crippen molar-refractivity contribution in [3.63, 3.8) is 0 Å². The van der Waals surface area contributed by atoms with Crippen molar-refractivity contribution in [3.8, 4) is 22.3 Å². The number of hydrogen-bond donors (Lipinski definition) is 0. The van der Waals surface area contributed by atoms with Gasteiger partial charge in [0.1, 0.15) is 0 Å². The van der Waals surface area contributed by atoms with E-state index >= 15 is 0 Å². The summed E-state index contributed by atoms with van der Waals surface area (Å²) in [4.78, 5) is 0. The van der Waals surface area contributed by atoms with E-state index in [0.717, 1.165) is 10.0 Å². The van der Waals surface area contributed by atoms with Crippen molar-refractivity contribution in [2.75, 3.05) is 0 Å². The summed E-state index contributed by atoms with van der Waals surface area (Å²) in [7, 11) is 0. The molecule has 3 aliphatic rings. The number of halogens is 2. The third-order valence-corrected chi connectivity index (χ3v) is 31.3. The topological polar surface area (TPSA) is 0 Å². The van der Waals surface area contributed by atoms with Gasteiger partial charge in [0, 0.05) is 0 Å². The summed E-state index contributed by atoms with van der Waals surface area (Å²) in [6, 6.07) is 29.0. The average Bonchev–Trinajstić information content (AvgIpc) is 3.41. The Balaban J connectivity index is 0.00000154. The van der Waals surface area contributed by atoms with Gasteiger partial charge in [0.2, 0.25) is 0 Å².